The summed E-state index contributed by atoms with van der Waals surface area (Å²) < 4.78 is 10.5. The normalized spacial score (nSPS) is 10.2. The van der Waals surface area contributed by atoms with Crippen LogP contribution in [0.3, 0.4) is 0 Å². The molecule has 0 atom stereocenters. The summed E-state index contributed by atoms with van der Waals surface area (Å²) in [5.41, 5.74) is 0.801. The molecular formula is C14H19N5O2. The van der Waals surface area contributed by atoms with Gasteiger partial charge in [0.05, 0.1) is 25.1 Å². The van der Waals surface area contributed by atoms with Crippen LogP contribution in [0.4, 0.5) is 17.5 Å². The Kier molecular flexibility index (Phi) is 5.71. The molecule has 2 N–H and O–H groups in total. The molecule has 2 aromatic rings. The summed E-state index contributed by atoms with van der Waals surface area (Å²) in [6.45, 7) is 3.79. The van der Waals surface area contributed by atoms with E-state index in [0.717, 1.165) is 11.4 Å². The third-order valence-corrected chi connectivity index (χ3v) is 2.60. The third kappa shape index (κ3) is 4.57. The summed E-state index contributed by atoms with van der Waals surface area (Å²) in [7, 11) is 1.65. The van der Waals surface area contributed by atoms with Crippen LogP contribution in [0.1, 0.15) is 6.92 Å². The highest BCUT2D eigenvalue weighted by Gasteiger charge is 2.05. The Labute approximate surface area is 123 Å². The zero-order valence-electron chi connectivity index (χ0n) is 12.2. The van der Waals surface area contributed by atoms with Gasteiger partial charge in [-0.05, 0) is 19.1 Å². The number of benzene rings is 1. The number of nitrogens with zero attached hydrogens (tertiary/aromatic N) is 3. The van der Waals surface area contributed by atoms with Crippen molar-refractivity contribution in [2.24, 2.45) is 0 Å². The standard InChI is InChI=1S/C14H19N5O2/c1-3-21-12-7-5-4-6-11(12)17-14-18-13(10-16-19-14)15-8-9-20-2/h4-7,10H,3,8-9H2,1-2H3,(H2,15,17,18,19). The van der Waals surface area contributed by atoms with E-state index in [1.165, 1.54) is 0 Å². The molecule has 0 saturated carbocycles. The van der Waals surface area contributed by atoms with E-state index in [-0.39, 0.29) is 0 Å². The van der Waals surface area contributed by atoms with Crippen LogP contribution in [0.15, 0.2) is 30.5 Å². The first kappa shape index (κ1) is 15.0. The Balaban J connectivity index is 2.07. The molecule has 21 heavy (non-hydrogen) atoms. The van der Waals surface area contributed by atoms with Gasteiger partial charge in [-0.25, -0.2) is 0 Å². The Morgan fingerprint density at radius 1 is 1.24 bits per heavy atom. The lowest BCUT2D eigenvalue weighted by Crippen LogP contribution is -2.10. The zero-order valence-corrected chi connectivity index (χ0v) is 12.2. The second kappa shape index (κ2) is 8.01. The summed E-state index contributed by atoms with van der Waals surface area (Å²) >= 11 is 0. The van der Waals surface area contributed by atoms with Crippen LogP contribution >= 0.6 is 0 Å². The smallest absolute Gasteiger partial charge is 0.249 e. The van der Waals surface area contributed by atoms with Crippen molar-refractivity contribution in [2.45, 2.75) is 6.92 Å². The lowest BCUT2D eigenvalue weighted by atomic mass is 10.3. The molecule has 0 aliphatic rings. The van der Waals surface area contributed by atoms with Crippen LogP contribution in [-0.4, -0.2) is 42.0 Å². The van der Waals surface area contributed by atoms with E-state index in [1.54, 1.807) is 13.3 Å². The van der Waals surface area contributed by atoms with Crippen LogP contribution in [0.5, 0.6) is 5.75 Å². The SMILES string of the molecule is CCOc1ccccc1Nc1nncc(NCCOC)n1. The van der Waals surface area contributed by atoms with Crippen molar-refractivity contribution >= 4 is 17.5 Å². The average molecular weight is 289 g/mol. The highest BCUT2D eigenvalue weighted by atomic mass is 16.5. The first-order valence-electron chi connectivity index (χ1n) is 6.75. The van der Waals surface area contributed by atoms with E-state index >= 15 is 0 Å². The van der Waals surface area contributed by atoms with Gasteiger partial charge in [-0.15, -0.1) is 5.10 Å². The van der Waals surface area contributed by atoms with E-state index in [9.17, 15) is 0 Å². The summed E-state index contributed by atoms with van der Waals surface area (Å²) in [5.74, 6) is 1.80. The minimum Gasteiger partial charge on any atom is -0.492 e. The van der Waals surface area contributed by atoms with Gasteiger partial charge in [0.1, 0.15) is 5.75 Å². The van der Waals surface area contributed by atoms with Gasteiger partial charge < -0.3 is 20.1 Å². The van der Waals surface area contributed by atoms with Gasteiger partial charge >= 0.3 is 0 Å². The Morgan fingerprint density at radius 2 is 2.10 bits per heavy atom. The molecule has 0 saturated heterocycles. The third-order valence-electron chi connectivity index (χ3n) is 2.60. The fourth-order valence-corrected chi connectivity index (χ4v) is 1.69. The fourth-order valence-electron chi connectivity index (χ4n) is 1.69. The summed E-state index contributed by atoms with van der Waals surface area (Å²) in [6.07, 6.45) is 1.56. The van der Waals surface area contributed by atoms with Crippen molar-refractivity contribution in [3.63, 3.8) is 0 Å². The Morgan fingerprint density at radius 3 is 2.90 bits per heavy atom. The predicted octanol–water partition coefficient (Wildman–Crippen LogP) is 2.07. The molecule has 0 radical (unpaired) electrons. The molecule has 1 aromatic heterocycles. The van der Waals surface area contributed by atoms with Crippen molar-refractivity contribution in [1.82, 2.24) is 15.2 Å². The number of rotatable bonds is 8. The Hall–Kier alpha value is -2.41. The topological polar surface area (TPSA) is 81.2 Å². The molecule has 0 amide bonds. The van der Waals surface area contributed by atoms with Crippen LogP contribution in [0, 0.1) is 0 Å². The van der Waals surface area contributed by atoms with Crippen molar-refractivity contribution < 1.29 is 9.47 Å². The molecule has 112 valence electrons. The number of aromatic nitrogens is 3. The molecule has 7 nitrogen and oxygen atoms in total. The van der Waals surface area contributed by atoms with Crippen molar-refractivity contribution in [3.8, 4) is 5.75 Å². The van der Waals surface area contributed by atoms with Gasteiger partial charge in [0.15, 0.2) is 5.82 Å². The molecule has 0 aliphatic carbocycles. The van der Waals surface area contributed by atoms with Gasteiger partial charge in [0.2, 0.25) is 5.95 Å². The molecule has 1 heterocycles. The number of anilines is 3. The van der Waals surface area contributed by atoms with Crippen molar-refractivity contribution in [2.75, 3.05) is 37.5 Å². The molecule has 0 unspecified atom stereocenters. The number of hydrogen-bond acceptors (Lipinski definition) is 7. The van der Waals surface area contributed by atoms with E-state index in [2.05, 4.69) is 25.8 Å². The van der Waals surface area contributed by atoms with Crippen LogP contribution in [-0.2, 0) is 4.74 Å². The average Bonchev–Trinajstić information content (AvgIpc) is 2.50. The molecular weight excluding hydrogens is 270 g/mol. The summed E-state index contributed by atoms with van der Waals surface area (Å²) in [4.78, 5) is 4.33. The van der Waals surface area contributed by atoms with Gasteiger partial charge in [0.25, 0.3) is 0 Å². The number of hydrogen-bond donors (Lipinski definition) is 2. The van der Waals surface area contributed by atoms with Gasteiger partial charge in [0, 0.05) is 13.7 Å². The minimum absolute atomic E-state index is 0.407. The maximum Gasteiger partial charge on any atom is 0.249 e. The van der Waals surface area contributed by atoms with Crippen molar-refractivity contribution in [3.05, 3.63) is 30.5 Å². The monoisotopic (exact) mass is 289 g/mol. The lowest BCUT2D eigenvalue weighted by Gasteiger charge is -2.11. The molecule has 7 heteroatoms. The number of para-hydroxylation sites is 2. The van der Waals surface area contributed by atoms with E-state index < -0.39 is 0 Å². The quantitative estimate of drug-likeness (QED) is 0.720. The predicted molar refractivity (Wildman–Crippen MR) is 81.1 cm³/mol. The van der Waals surface area contributed by atoms with Gasteiger partial charge in [-0.3, -0.25) is 0 Å². The highest BCUT2D eigenvalue weighted by Crippen LogP contribution is 2.25. The first-order chi connectivity index (χ1) is 10.3. The zero-order chi connectivity index (χ0) is 14.9. The molecule has 2 rings (SSSR count). The second-order valence-corrected chi connectivity index (χ2v) is 4.14. The van der Waals surface area contributed by atoms with E-state index in [0.29, 0.717) is 31.5 Å². The molecule has 1 aromatic carbocycles. The molecule has 0 fully saturated rings. The first-order valence-corrected chi connectivity index (χ1v) is 6.75. The number of methoxy groups -OCH3 is 1. The largest absolute Gasteiger partial charge is 0.492 e. The number of nitrogens with one attached hydrogen (secondary N) is 2. The van der Waals surface area contributed by atoms with Gasteiger partial charge in [-0.2, -0.15) is 10.1 Å². The fraction of sp³-hybridized carbons (Fsp3) is 0.357. The Bertz CT molecular complexity index is 565. The second-order valence-electron chi connectivity index (χ2n) is 4.14. The molecule has 0 aliphatic heterocycles. The van der Waals surface area contributed by atoms with E-state index in [4.69, 9.17) is 9.47 Å². The van der Waals surface area contributed by atoms with Crippen LogP contribution in [0.2, 0.25) is 0 Å². The minimum atomic E-state index is 0.407. The van der Waals surface area contributed by atoms with Gasteiger partial charge in [-0.1, -0.05) is 12.1 Å². The van der Waals surface area contributed by atoms with Crippen LogP contribution in [0.25, 0.3) is 0 Å². The van der Waals surface area contributed by atoms with Crippen molar-refractivity contribution in [1.29, 1.82) is 0 Å². The lowest BCUT2D eigenvalue weighted by molar-refractivity contribution is 0.210. The maximum absolute atomic E-state index is 5.55. The number of ether oxygens (including phenoxy) is 2. The highest BCUT2D eigenvalue weighted by molar-refractivity contribution is 5.62. The molecule has 0 spiro atoms. The summed E-state index contributed by atoms with van der Waals surface area (Å²) in [5, 5.41) is 14.1. The maximum atomic E-state index is 5.55. The van der Waals surface area contributed by atoms with Crippen LogP contribution < -0.4 is 15.4 Å². The van der Waals surface area contributed by atoms with E-state index in [1.807, 2.05) is 31.2 Å². The molecule has 0 bridgehead atoms. The summed E-state index contributed by atoms with van der Waals surface area (Å²) in [6, 6.07) is 7.62.